The van der Waals surface area contributed by atoms with E-state index < -0.39 is 10.5 Å². The number of carbonyl (C=O) groups excluding carboxylic acids is 4. The third kappa shape index (κ3) is 44.9. The van der Waals surface area contributed by atoms with Crippen LogP contribution in [0, 0.1) is 0 Å². The molecule has 1 heterocycles. The lowest BCUT2D eigenvalue weighted by Crippen LogP contribution is -2.20. The van der Waals surface area contributed by atoms with E-state index in [1.54, 1.807) is 21.0 Å². The van der Waals surface area contributed by atoms with Gasteiger partial charge in [0, 0.05) is 52.4 Å². The van der Waals surface area contributed by atoms with Gasteiger partial charge in [0.25, 0.3) is 0 Å². The molecule has 0 aromatic rings. The van der Waals surface area contributed by atoms with E-state index in [0.717, 1.165) is 13.2 Å². The highest BCUT2D eigenvalue weighted by Gasteiger charge is 2.12. The summed E-state index contributed by atoms with van der Waals surface area (Å²) < 4.78 is 15.2. The van der Waals surface area contributed by atoms with Crippen molar-refractivity contribution in [3.8, 4) is 0 Å². The molecule has 0 saturated carbocycles. The SMILES string of the molecule is C.C1CCOC1.CC(O)CC(C)O.COC(C)CC(C)OC(=O)CCCC(C)=O.O=C(Cl)CCCC(=O)Cl. The van der Waals surface area contributed by atoms with Crippen molar-refractivity contribution >= 4 is 45.4 Å². The fourth-order valence-corrected chi connectivity index (χ4v) is 3.01. The van der Waals surface area contributed by atoms with E-state index >= 15 is 0 Å². The molecule has 0 radical (unpaired) electrons. The number of hydrogen-bond acceptors (Lipinski definition) is 9. The Bertz CT molecular complexity index is 567. The molecule has 1 fully saturated rings. The number of aliphatic hydroxyl groups is 2. The summed E-state index contributed by atoms with van der Waals surface area (Å²) in [6.07, 6.45) is 5.13. The maximum Gasteiger partial charge on any atom is 0.306 e. The number of carbonyl (C=O) groups is 4. The Morgan fingerprint density at radius 3 is 1.53 bits per heavy atom. The molecule has 0 aromatic heterocycles. The van der Waals surface area contributed by atoms with Gasteiger partial charge in [-0.2, -0.15) is 0 Å². The fraction of sp³-hybridized carbons (Fsp3) is 0.852. The zero-order valence-electron chi connectivity index (χ0n) is 23.3. The molecule has 228 valence electrons. The van der Waals surface area contributed by atoms with Crippen LogP contribution >= 0.6 is 23.2 Å². The Balaban J connectivity index is -0.000000221. The largest absolute Gasteiger partial charge is 0.463 e. The Morgan fingerprint density at radius 2 is 1.24 bits per heavy atom. The van der Waals surface area contributed by atoms with E-state index in [4.69, 9.17) is 47.6 Å². The topological polar surface area (TPSA) is 136 Å². The van der Waals surface area contributed by atoms with E-state index in [2.05, 4.69) is 0 Å². The average Bonchev–Trinajstić information content (AvgIpc) is 3.32. The highest BCUT2D eigenvalue weighted by atomic mass is 35.5. The highest BCUT2D eigenvalue weighted by Crippen LogP contribution is 2.07. The van der Waals surface area contributed by atoms with Crippen LogP contribution in [-0.2, 0) is 33.4 Å². The first kappa shape index (κ1) is 43.9. The summed E-state index contributed by atoms with van der Waals surface area (Å²) in [5.41, 5.74) is 0. The fourth-order valence-electron chi connectivity index (χ4n) is 2.75. The monoisotopic (exact) mass is 590 g/mol. The summed E-state index contributed by atoms with van der Waals surface area (Å²) in [7, 11) is 1.63. The highest BCUT2D eigenvalue weighted by molar-refractivity contribution is 6.64. The molecule has 0 spiro atoms. The Kier molecular flexibility index (Phi) is 35.2. The van der Waals surface area contributed by atoms with E-state index in [1.807, 2.05) is 13.8 Å². The number of ether oxygens (including phenoxy) is 3. The number of Topliss-reactive ketones (excluding diaryl/α,β-unsaturated/α-hetero) is 1. The maximum atomic E-state index is 11.3. The van der Waals surface area contributed by atoms with Crippen LogP contribution in [0.25, 0.3) is 0 Å². The van der Waals surface area contributed by atoms with Gasteiger partial charge in [0.2, 0.25) is 10.5 Å². The predicted octanol–water partition coefficient (Wildman–Crippen LogP) is 5.36. The lowest BCUT2D eigenvalue weighted by Gasteiger charge is -2.16. The molecule has 4 atom stereocenters. The van der Waals surface area contributed by atoms with Gasteiger partial charge in [0.15, 0.2) is 0 Å². The summed E-state index contributed by atoms with van der Waals surface area (Å²) in [6.45, 7) is 10.6. The van der Waals surface area contributed by atoms with Gasteiger partial charge in [-0.3, -0.25) is 14.4 Å². The van der Waals surface area contributed by atoms with Crippen molar-refractivity contribution in [1.29, 1.82) is 0 Å². The van der Waals surface area contributed by atoms with Crippen LogP contribution in [0.2, 0.25) is 0 Å². The zero-order valence-corrected chi connectivity index (χ0v) is 24.8. The number of methoxy groups -OCH3 is 1. The number of hydrogen-bond donors (Lipinski definition) is 2. The van der Waals surface area contributed by atoms with Crippen molar-refractivity contribution in [3.05, 3.63) is 0 Å². The van der Waals surface area contributed by atoms with Crippen LogP contribution in [0.15, 0.2) is 0 Å². The Morgan fingerprint density at radius 1 is 0.789 bits per heavy atom. The minimum absolute atomic E-state index is 0. The van der Waals surface area contributed by atoms with Crippen molar-refractivity contribution in [2.75, 3.05) is 20.3 Å². The first-order chi connectivity index (χ1) is 17.2. The summed E-state index contributed by atoms with van der Waals surface area (Å²) in [5, 5.41) is 16.3. The van der Waals surface area contributed by atoms with E-state index in [0.29, 0.717) is 38.5 Å². The van der Waals surface area contributed by atoms with Gasteiger partial charge >= 0.3 is 5.97 Å². The second kappa shape index (κ2) is 30.4. The van der Waals surface area contributed by atoms with Crippen molar-refractivity contribution < 1.29 is 43.6 Å². The minimum atomic E-state index is -0.423. The minimum Gasteiger partial charge on any atom is -0.463 e. The van der Waals surface area contributed by atoms with E-state index in [-0.39, 0.29) is 56.4 Å². The molecule has 1 rings (SSSR count). The molecule has 9 nitrogen and oxygen atoms in total. The molecule has 11 heteroatoms. The quantitative estimate of drug-likeness (QED) is 0.202. The lowest BCUT2D eigenvalue weighted by atomic mass is 10.2. The molecule has 1 aliphatic heterocycles. The number of halogens is 2. The number of aliphatic hydroxyl groups excluding tert-OH is 2. The van der Waals surface area contributed by atoms with Crippen molar-refractivity contribution in [2.45, 2.75) is 131 Å². The molecular formula is C27H52Cl2O9. The first-order valence-electron chi connectivity index (χ1n) is 12.7. The van der Waals surface area contributed by atoms with Gasteiger partial charge in [0.1, 0.15) is 11.9 Å². The number of esters is 1. The van der Waals surface area contributed by atoms with Gasteiger partial charge < -0.3 is 29.2 Å². The van der Waals surface area contributed by atoms with Crippen molar-refractivity contribution in [1.82, 2.24) is 0 Å². The molecular weight excluding hydrogens is 539 g/mol. The first-order valence-corrected chi connectivity index (χ1v) is 13.5. The van der Waals surface area contributed by atoms with Gasteiger partial charge in [-0.25, -0.2) is 0 Å². The molecule has 4 unspecified atom stereocenters. The second-order valence-electron chi connectivity index (χ2n) is 8.96. The van der Waals surface area contributed by atoms with Crippen molar-refractivity contribution in [2.24, 2.45) is 0 Å². The average molecular weight is 592 g/mol. The molecule has 1 aliphatic rings. The summed E-state index contributed by atoms with van der Waals surface area (Å²) in [4.78, 5) is 42.1. The van der Waals surface area contributed by atoms with Crippen LogP contribution in [0.3, 0.4) is 0 Å². The Labute approximate surface area is 239 Å². The van der Waals surface area contributed by atoms with Gasteiger partial charge in [-0.05, 0) is 89.9 Å². The third-order valence-electron chi connectivity index (χ3n) is 4.56. The smallest absolute Gasteiger partial charge is 0.306 e. The number of ketones is 1. The van der Waals surface area contributed by atoms with Crippen LogP contribution in [-0.4, -0.2) is 77.2 Å². The molecule has 0 bridgehead atoms. The predicted molar refractivity (Wildman–Crippen MR) is 152 cm³/mol. The summed E-state index contributed by atoms with van der Waals surface area (Å²) in [5.74, 6) is -0.133. The third-order valence-corrected chi connectivity index (χ3v) is 4.94. The molecule has 0 aromatic carbocycles. The molecule has 1 saturated heterocycles. The molecule has 38 heavy (non-hydrogen) atoms. The van der Waals surface area contributed by atoms with Crippen LogP contribution < -0.4 is 0 Å². The van der Waals surface area contributed by atoms with E-state index in [1.165, 1.54) is 19.8 Å². The summed E-state index contributed by atoms with van der Waals surface area (Å²) in [6, 6.07) is 0. The number of rotatable bonds is 14. The standard InChI is InChI=1S/C12H22O4.C5H6Cl2O2.C5H12O2.C4H8O.CH4/c1-9(13)6-5-7-12(14)16-11(3)8-10(2)15-4;6-4(8)2-1-3-5(7)9;1-4(6)3-5(2)7;1-2-4-5-3-1;/h10-11H,5-8H2,1-4H3;1-3H2;4-7H,3H2,1-2H3;1-4H2;1H4. The van der Waals surface area contributed by atoms with Crippen LogP contribution in [0.5, 0.6) is 0 Å². The lowest BCUT2D eigenvalue weighted by molar-refractivity contribution is -0.149. The van der Waals surface area contributed by atoms with Gasteiger partial charge in [-0.1, -0.05) is 7.43 Å². The van der Waals surface area contributed by atoms with Gasteiger partial charge in [0.05, 0.1) is 18.3 Å². The zero-order chi connectivity index (χ0) is 29.2. The molecule has 0 amide bonds. The molecule has 2 N–H and O–H groups in total. The maximum absolute atomic E-state index is 11.3. The van der Waals surface area contributed by atoms with Crippen molar-refractivity contribution in [3.63, 3.8) is 0 Å². The van der Waals surface area contributed by atoms with E-state index in [9.17, 15) is 19.2 Å². The summed E-state index contributed by atoms with van der Waals surface area (Å²) >= 11 is 9.94. The van der Waals surface area contributed by atoms with Crippen LogP contribution in [0.4, 0.5) is 0 Å². The normalized spacial score (nSPS) is 14.8. The Hall–Kier alpha value is -1.10. The second-order valence-corrected chi connectivity index (χ2v) is 9.80. The van der Waals surface area contributed by atoms with Gasteiger partial charge in [-0.15, -0.1) is 0 Å². The van der Waals surface area contributed by atoms with Crippen LogP contribution in [0.1, 0.15) is 106 Å². The molecule has 0 aliphatic carbocycles.